The van der Waals surface area contributed by atoms with Crippen molar-refractivity contribution in [1.82, 2.24) is 10.2 Å². The number of anilines is 1. The molecule has 2 aromatic rings. The van der Waals surface area contributed by atoms with Crippen molar-refractivity contribution in [3.05, 3.63) is 40.7 Å². The van der Waals surface area contributed by atoms with Gasteiger partial charge in [-0.15, -0.1) is 10.2 Å². The van der Waals surface area contributed by atoms with Gasteiger partial charge in [0.15, 0.2) is 11.5 Å². The zero-order valence-electron chi connectivity index (χ0n) is 14.8. The SMILES string of the molecule is [C-]#[N+]c1ccc(-c2nnc(NC3CC(C)(O)C3)c3c2CCCC3)c(O)c1. The third kappa shape index (κ3) is 2.99. The van der Waals surface area contributed by atoms with Crippen LogP contribution in [0.4, 0.5) is 11.5 Å². The molecule has 134 valence electrons. The Morgan fingerprint density at radius 1 is 1.19 bits per heavy atom. The molecule has 0 saturated heterocycles. The molecule has 6 heteroatoms. The van der Waals surface area contributed by atoms with Gasteiger partial charge in [0, 0.05) is 17.2 Å². The van der Waals surface area contributed by atoms with Crippen molar-refractivity contribution < 1.29 is 10.2 Å². The average molecular weight is 350 g/mol. The van der Waals surface area contributed by atoms with Gasteiger partial charge < -0.3 is 15.5 Å². The highest BCUT2D eigenvalue weighted by molar-refractivity contribution is 5.75. The lowest BCUT2D eigenvalue weighted by atomic mass is 9.77. The van der Waals surface area contributed by atoms with E-state index in [2.05, 4.69) is 20.4 Å². The number of aromatic hydroxyl groups is 1. The third-order valence-corrected chi connectivity index (χ3v) is 5.37. The second-order valence-electron chi connectivity index (χ2n) is 7.62. The molecule has 3 N–H and O–H groups in total. The van der Waals surface area contributed by atoms with Crippen molar-refractivity contribution in [2.24, 2.45) is 0 Å². The number of hydrogen-bond donors (Lipinski definition) is 3. The van der Waals surface area contributed by atoms with E-state index in [-0.39, 0.29) is 11.8 Å². The molecule has 0 bridgehead atoms. The predicted molar refractivity (Wildman–Crippen MR) is 99.3 cm³/mol. The maximum absolute atomic E-state index is 10.3. The minimum Gasteiger partial charge on any atom is -0.509 e. The van der Waals surface area contributed by atoms with Crippen molar-refractivity contribution in [1.29, 1.82) is 0 Å². The predicted octanol–water partition coefficient (Wildman–Crippen LogP) is 3.60. The summed E-state index contributed by atoms with van der Waals surface area (Å²) in [5, 5.41) is 32.5. The Morgan fingerprint density at radius 3 is 2.58 bits per heavy atom. The number of phenols is 1. The van der Waals surface area contributed by atoms with E-state index >= 15 is 0 Å². The molecule has 2 aliphatic carbocycles. The van der Waals surface area contributed by atoms with Gasteiger partial charge in [-0.05, 0) is 57.1 Å². The van der Waals surface area contributed by atoms with Gasteiger partial charge in [0.25, 0.3) is 0 Å². The second kappa shape index (κ2) is 6.26. The van der Waals surface area contributed by atoms with Crippen LogP contribution in [0.5, 0.6) is 5.75 Å². The monoisotopic (exact) mass is 350 g/mol. The van der Waals surface area contributed by atoms with Crippen LogP contribution in [0.2, 0.25) is 0 Å². The smallest absolute Gasteiger partial charge is 0.190 e. The summed E-state index contributed by atoms with van der Waals surface area (Å²) in [5.74, 6) is 0.873. The first-order valence-electron chi connectivity index (χ1n) is 9.05. The molecule has 1 saturated carbocycles. The van der Waals surface area contributed by atoms with E-state index in [9.17, 15) is 10.2 Å². The highest BCUT2D eigenvalue weighted by Gasteiger charge is 2.39. The molecule has 1 aromatic heterocycles. The molecule has 2 aliphatic rings. The van der Waals surface area contributed by atoms with Crippen LogP contribution in [-0.2, 0) is 12.8 Å². The molecule has 0 unspecified atom stereocenters. The zero-order valence-corrected chi connectivity index (χ0v) is 14.8. The number of aliphatic hydroxyl groups is 1. The third-order valence-electron chi connectivity index (χ3n) is 5.37. The number of rotatable bonds is 3. The summed E-state index contributed by atoms with van der Waals surface area (Å²) >= 11 is 0. The fourth-order valence-corrected chi connectivity index (χ4v) is 4.07. The Bertz CT molecular complexity index is 893. The Kier molecular flexibility index (Phi) is 4.04. The lowest BCUT2D eigenvalue weighted by Crippen LogP contribution is -2.48. The van der Waals surface area contributed by atoms with Crippen LogP contribution >= 0.6 is 0 Å². The molecule has 0 amide bonds. The van der Waals surface area contributed by atoms with Crippen molar-refractivity contribution in [2.45, 2.75) is 57.1 Å². The van der Waals surface area contributed by atoms with Gasteiger partial charge in [0.05, 0.1) is 12.2 Å². The average Bonchev–Trinajstić information content (AvgIpc) is 2.61. The quantitative estimate of drug-likeness (QED) is 0.737. The molecular weight excluding hydrogens is 328 g/mol. The lowest BCUT2D eigenvalue weighted by molar-refractivity contribution is -0.0235. The standard InChI is InChI=1S/C20H22N4O2/c1-20(26)10-13(11-20)22-19-15-6-4-3-5-14(15)18(23-24-19)16-8-7-12(21-2)9-17(16)25/h7-9,13,25-26H,3-6,10-11H2,1H3,(H,22,24). The van der Waals surface area contributed by atoms with Crippen LogP contribution in [0.1, 0.15) is 43.7 Å². The first kappa shape index (κ1) is 16.8. The lowest BCUT2D eigenvalue weighted by Gasteiger charge is -2.41. The maximum Gasteiger partial charge on any atom is 0.190 e. The van der Waals surface area contributed by atoms with Gasteiger partial charge in [0.1, 0.15) is 11.4 Å². The molecule has 6 nitrogen and oxygen atoms in total. The molecule has 0 atom stereocenters. The van der Waals surface area contributed by atoms with E-state index in [1.165, 1.54) is 11.6 Å². The molecule has 0 aliphatic heterocycles. The van der Waals surface area contributed by atoms with Crippen molar-refractivity contribution in [3.63, 3.8) is 0 Å². The minimum absolute atomic E-state index is 0.0660. The number of nitrogens with zero attached hydrogens (tertiary/aromatic N) is 3. The molecule has 1 fully saturated rings. The number of hydrogen-bond acceptors (Lipinski definition) is 5. The Morgan fingerprint density at radius 2 is 1.92 bits per heavy atom. The number of benzene rings is 1. The number of fused-ring (bicyclic) bond motifs is 1. The second-order valence-corrected chi connectivity index (χ2v) is 7.62. The molecular formula is C20H22N4O2. The van der Waals surface area contributed by atoms with Crippen molar-refractivity contribution in [2.75, 3.05) is 5.32 Å². The van der Waals surface area contributed by atoms with Gasteiger partial charge in [0.2, 0.25) is 0 Å². The normalized spacial score (nSPS) is 24.3. The van der Waals surface area contributed by atoms with E-state index < -0.39 is 5.60 Å². The fraction of sp³-hybridized carbons (Fsp3) is 0.450. The highest BCUT2D eigenvalue weighted by Crippen LogP contribution is 2.39. The topological polar surface area (TPSA) is 82.6 Å². The Hall–Kier alpha value is -2.65. The summed E-state index contributed by atoms with van der Waals surface area (Å²) in [5.41, 5.74) is 3.46. The van der Waals surface area contributed by atoms with Gasteiger partial charge in [-0.25, -0.2) is 4.85 Å². The summed E-state index contributed by atoms with van der Waals surface area (Å²) in [6, 6.07) is 5.14. The van der Waals surface area contributed by atoms with Gasteiger partial charge in [-0.1, -0.05) is 12.1 Å². The molecule has 1 heterocycles. The molecule has 4 rings (SSSR count). The summed E-state index contributed by atoms with van der Waals surface area (Å²) in [4.78, 5) is 3.35. The van der Waals surface area contributed by atoms with Crippen LogP contribution in [0.25, 0.3) is 16.1 Å². The summed E-state index contributed by atoms with van der Waals surface area (Å²) in [6.45, 7) is 8.92. The zero-order chi connectivity index (χ0) is 18.3. The van der Waals surface area contributed by atoms with Crippen LogP contribution in [0.15, 0.2) is 18.2 Å². The first-order valence-corrected chi connectivity index (χ1v) is 9.05. The largest absolute Gasteiger partial charge is 0.509 e. The highest BCUT2D eigenvalue weighted by atomic mass is 16.3. The number of aromatic nitrogens is 2. The minimum atomic E-state index is -0.582. The molecule has 1 aromatic carbocycles. The van der Waals surface area contributed by atoms with E-state index in [0.717, 1.165) is 37.1 Å². The molecule has 0 spiro atoms. The van der Waals surface area contributed by atoms with E-state index in [4.69, 9.17) is 6.57 Å². The fourth-order valence-electron chi connectivity index (χ4n) is 4.07. The van der Waals surface area contributed by atoms with Gasteiger partial charge >= 0.3 is 0 Å². The molecule has 26 heavy (non-hydrogen) atoms. The van der Waals surface area contributed by atoms with Gasteiger partial charge in [-0.2, -0.15) is 0 Å². The first-order chi connectivity index (χ1) is 12.5. The Balaban J connectivity index is 1.70. The van der Waals surface area contributed by atoms with Crippen molar-refractivity contribution in [3.8, 4) is 17.0 Å². The Labute approximate surface area is 152 Å². The van der Waals surface area contributed by atoms with Crippen LogP contribution in [-0.4, -0.2) is 32.1 Å². The summed E-state index contributed by atoms with van der Waals surface area (Å²) < 4.78 is 0. The number of phenolic OH excluding ortho intramolecular Hbond substituents is 1. The van der Waals surface area contributed by atoms with E-state index in [1.54, 1.807) is 12.1 Å². The summed E-state index contributed by atoms with van der Waals surface area (Å²) in [6.07, 6.45) is 5.46. The van der Waals surface area contributed by atoms with Crippen LogP contribution in [0.3, 0.4) is 0 Å². The number of nitrogens with one attached hydrogen (secondary N) is 1. The molecule has 0 radical (unpaired) electrons. The maximum atomic E-state index is 10.3. The van der Waals surface area contributed by atoms with Crippen LogP contribution in [0, 0.1) is 6.57 Å². The van der Waals surface area contributed by atoms with Crippen LogP contribution < -0.4 is 5.32 Å². The van der Waals surface area contributed by atoms with E-state index in [1.807, 2.05) is 6.92 Å². The summed E-state index contributed by atoms with van der Waals surface area (Å²) in [7, 11) is 0. The van der Waals surface area contributed by atoms with Crippen molar-refractivity contribution >= 4 is 11.5 Å². The van der Waals surface area contributed by atoms with E-state index in [0.29, 0.717) is 29.8 Å². The van der Waals surface area contributed by atoms with Gasteiger partial charge in [-0.3, -0.25) is 0 Å².